The Labute approximate surface area is 204 Å². The Morgan fingerprint density at radius 2 is 1.69 bits per heavy atom. The lowest BCUT2D eigenvalue weighted by Crippen LogP contribution is -2.21. The summed E-state index contributed by atoms with van der Waals surface area (Å²) in [5.41, 5.74) is 4.92. The fourth-order valence-corrected chi connectivity index (χ4v) is 4.82. The molecule has 0 saturated heterocycles. The van der Waals surface area contributed by atoms with E-state index in [0.717, 1.165) is 35.0 Å². The lowest BCUT2D eigenvalue weighted by Gasteiger charge is -2.26. The second-order valence-corrected chi connectivity index (χ2v) is 8.74. The third-order valence-corrected chi connectivity index (χ3v) is 6.56. The van der Waals surface area contributed by atoms with Crippen LogP contribution in [-0.4, -0.2) is 30.0 Å². The van der Waals surface area contributed by atoms with Gasteiger partial charge in [0.25, 0.3) is 0 Å². The zero-order chi connectivity index (χ0) is 24.2. The SMILES string of the molecule is CCOc1ccc(C(=O)COC(=O)c2c3c(nc4ccccc24)CCC(c2ccccc2)C3)cc1. The maximum atomic E-state index is 13.4. The Bertz CT molecular complexity index is 1360. The molecule has 4 aromatic rings. The Hall–Kier alpha value is -3.99. The van der Waals surface area contributed by atoms with E-state index in [1.165, 1.54) is 5.56 Å². The van der Waals surface area contributed by atoms with Crippen molar-refractivity contribution in [3.8, 4) is 5.75 Å². The van der Waals surface area contributed by atoms with Gasteiger partial charge in [0.2, 0.25) is 0 Å². The second-order valence-electron chi connectivity index (χ2n) is 8.74. The number of nitrogens with zero attached hydrogens (tertiary/aromatic N) is 1. The highest BCUT2D eigenvalue weighted by Crippen LogP contribution is 2.36. The molecule has 0 spiro atoms. The van der Waals surface area contributed by atoms with Crippen LogP contribution in [0.4, 0.5) is 0 Å². The van der Waals surface area contributed by atoms with Crippen molar-refractivity contribution in [3.05, 3.63) is 107 Å². The van der Waals surface area contributed by atoms with Crippen molar-refractivity contribution in [3.63, 3.8) is 0 Å². The summed E-state index contributed by atoms with van der Waals surface area (Å²) in [5.74, 6) is 0.274. The summed E-state index contributed by atoms with van der Waals surface area (Å²) in [4.78, 5) is 31.0. The minimum absolute atomic E-state index is 0.254. The Morgan fingerprint density at radius 1 is 0.943 bits per heavy atom. The van der Waals surface area contributed by atoms with Crippen LogP contribution in [0.2, 0.25) is 0 Å². The third kappa shape index (κ3) is 4.80. The number of pyridine rings is 1. The number of Topliss-reactive ketones (excluding diaryl/α,β-unsaturated/α-hetero) is 1. The van der Waals surface area contributed by atoms with Crippen molar-refractivity contribution in [1.82, 2.24) is 4.98 Å². The molecule has 1 heterocycles. The van der Waals surface area contributed by atoms with Gasteiger partial charge in [-0.2, -0.15) is 0 Å². The summed E-state index contributed by atoms with van der Waals surface area (Å²) in [6, 6.07) is 24.9. The number of benzene rings is 3. The zero-order valence-corrected chi connectivity index (χ0v) is 19.7. The number of carbonyl (C=O) groups excluding carboxylic acids is 2. The number of ether oxygens (including phenoxy) is 2. The molecule has 1 aromatic heterocycles. The van der Waals surface area contributed by atoms with Crippen LogP contribution >= 0.6 is 0 Å². The van der Waals surface area contributed by atoms with Gasteiger partial charge in [-0.05, 0) is 73.6 Å². The smallest absolute Gasteiger partial charge is 0.339 e. The first-order valence-corrected chi connectivity index (χ1v) is 12.0. The van der Waals surface area contributed by atoms with Crippen molar-refractivity contribution in [1.29, 1.82) is 0 Å². The van der Waals surface area contributed by atoms with Crippen LogP contribution in [0.5, 0.6) is 5.75 Å². The summed E-state index contributed by atoms with van der Waals surface area (Å²) >= 11 is 0. The molecule has 5 nitrogen and oxygen atoms in total. The topological polar surface area (TPSA) is 65.5 Å². The van der Waals surface area contributed by atoms with Gasteiger partial charge in [-0.15, -0.1) is 0 Å². The lowest BCUT2D eigenvalue weighted by molar-refractivity contribution is 0.0475. The van der Waals surface area contributed by atoms with E-state index >= 15 is 0 Å². The average molecular weight is 466 g/mol. The van der Waals surface area contributed by atoms with Crippen LogP contribution in [0.15, 0.2) is 78.9 Å². The number of ketones is 1. The molecular formula is C30H27NO4. The fraction of sp³-hybridized carbons (Fsp3) is 0.233. The first kappa shape index (κ1) is 22.8. The van der Waals surface area contributed by atoms with Crippen LogP contribution in [0.1, 0.15) is 56.8 Å². The summed E-state index contributed by atoms with van der Waals surface area (Å²) < 4.78 is 11.0. The standard InChI is InChI=1S/C30H27NO4/c1-2-34-23-15-12-21(13-16-23)28(32)19-35-30(33)29-24-10-6-7-11-26(24)31-27-17-14-22(18-25(27)29)20-8-4-3-5-9-20/h3-13,15-16,22H,2,14,17-19H2,1H3. The lowest BCUT2D eigenvalue weighted by atomic mass is 9.80. The van der Waals surface area contributed by atoms with E-state index in [4.69, 9.17) is 14.5 Å². The number of fused-ring (bicyclic) bond motifs is 2. The summed E-state index contributed by atoms with van der Waals surface area (Å²) in [6.07, 6.45) is 2.49. The van der Waals surface area contributed by atoms with Gasteiger partial charge in [0, 0.05) is 16.6 Å². The van der Waals surface area contributed by atoms with Gasteiger partial charge >= 0.3 is 5.97 Å². The van der Waals surface area contributed by atoms with E-state index in [0.29, 0.717) is 35.8 Å². The number of rotatable bonds is 7. The van der Waals surface area contributed by atoms with Crippen molar-refractivity contribution < 1.29 is 19.1 Å². The predicted molar refractivity (Wildman–Crippen MR) is 135 cm³/mol. The molecule has 1 atom stereocenters. The fourth-order valence-electron chi connectivity index (χ4n) is 4.82. The molecule has 0 N–H and O–H groups in total. The second kappa shape index (κ2) is 10.1. The van der Waals surface area contributed by atoms with Crippen molar-refractivity contribution in [2.45, 2.75) is 32.1 Å². The van der Waals surface area contributed by atoms with Crippen LogP contribution in [-0.2, 0) is 17.6 Å². The molecule has 0 amide bonds. The molecule has 0 fully saturated rings. The minimum Gasteiger partial charge on any atom is -0.494 e. The van der Waals surface area contributed by atoms with Gasteiger partial charge in [0.1, 0.15) is 5.75 Å². The number of hydrogen-bond donors (Lipinski definition) is 0. The molecule has 0 bridgehead atoms. The Balaban J connectivity index is 1.42. The highest BCUT2D eigenvalue weighted by Gasteiger charge is 2.28. The van der Waals surface area contributed by atoms with Crippen molar-refractivity contribution >= 4 is 22.7 Å². The molecule has 3 aromatic carbocycles. The highest BCUT2D eigenvalue weighted by atomic mass is 16.5. The van der Waals surface area contributed by atoms with E-state index in [2.05, 4.69) is 12.1 Å². The number of hydrogen-bond acceptors (Lipinski definition) is 5. The molecule has 1 aliphatic carbocycles. The van der Waals surface area contributed by atoms with E-state index in [1.807, 2.05) is 49.4 Å². The third-order valence-electron chi connectivity index (χ3n) is 6.56. The molecule has 1 aliphatic rings. The van der Waals surface area contributed by atoms with Gasteiger partial charge in [0.05, 0.1) is 17.7 Å². The van der Waals surface area contributed by atoms with Gasteiger partial charge in [-0.3, -0.25) is 9.78 Å². The minimum atomic E-state index is -0.479. The van der Waals surface area contributed by atoms with E-state index in [1.54, 1.807) is 24.3 Å². The molecule has 1 unspecified atom stereocenters. The van der Waals surface area contributed by atoms with Gasteiger partial charge in [-0.25, -0.2) is 4.79 Å². The van der Waals surface area contributed by atoms with Crippen LogP contribution in [0.25, 0.3) is 10.9 Å². The number of carbonyl (C=O) groups is 2. The Kier molecular flexibility index (Phi) is 6.57. The molecular weight excluding hydrogens is 438 g/mol. The summed E-state index contributed by atoms with van der Waals surface area (Å²) in [5, 5.41) is 0.762. The summed E-state index contributed by atoms with van der Waals surface area (Å²) in [6.45, 7) is 2.14. The van der Waals surface area contributed by atoms with Crippen LogP contribution < -0.4 is 4.74 Å². The maximum absolute atomic E-state index is 13.4. The van der Waals surface area contributed by atoms with Crippen LogP contribution in [0, 0.1) is 0 Å². The number of para-hydroxylation sites is 1. The first-order chi connectivity index (χ1) is 17.1. The monoisotopic (exact) mass is 465 g/mol. The molecule has 0 saturated carbocycles. The van der Waals surface area contributed by atoms with E-state index in [9.17, 15) is 9.59 Å². The van der Waals surface area contributed by atoms with Crippen LogP contribution in [0.3, 0.4) is 0 Å². The molecule has 0 radical (unpaired) electrons. The maximum Gasteiger partial charge on any atom is 0.339 e. The van der Waals surface area contributed by atoms with Crippen molar-refractivity contribution in [2.24, 2.45) is 0 Å². The molecule has 35 heavy (non-hydrogen) atoms. The quantitative estimate of drug-likeness (QED) is 0.249. The molecule has 176 valence electrons. The van der Waals surface area contributed by atoms with E-state index < -0.39 is 5.97 Å². The number of aryl methyl sites for hydroxylation is 1. The summed E-state index contributed by atoms with van der Waals surface area (Å²) in [7, 11) is 0. The van der Waals surface area contributed by atoms with Gasteiger partial charge < -0.3 is 9.47 Å². The van der Waals surface area contributed by atoms with Gasteiger partial charge in [-0.1, -0.05) is 48.5 Å². The van der Waals surface area contributed by atoms with Crippen molar-refractivity contribution in [2.75, 3.05) is 13.2 Å². The largest absolute Gasteiger partial charge is 0.494 e. The molecule has 5 heteroatoms. The average Bonchev–Trinajstić information content (AvgIpc) is 2.91. The van der Waals surface area contributed by atoms with Gasteiger partial charge in [0.15, 0.2) is 12.4 Å². The molecule has 0 aliphatic heterocycles. The zero-order valence-electron chi connectivity index (χ0n) is 19.7. The highest BCUT2D eigenvalue weighted by molar-refractivity contribution is 6.06. The number of esters is 1. The Morgan fingerprint density at radius 3 is 2.46 bits per heavy atom. The van der Waals surface area contributed by atoms with E-state index in [-0.39, 0.29) is 12.4 Å². The predicted octanol–water partition coefficient (Wildman–Crippen LogP) is 5.95. The normalized spacial score (nSPS) is 14.8. The molecule has 5 rings (SSSR count). The number of aromatic nitrogens is 1. The first-order valence-electron chi connectivity index (χ1n) is 12.0.